The Kier molecular flexibility index (Phi) is 7.45. The van der Waals surface area contributed by atoms with Crippen molar-refractivity contribution in [2.24, 2.45) is 23.2 Å². The zero-order valence-corrected chi connectivity index (χ0v) is 23.2. The Hall–Kier alpha value is -1.99. The maximum Gasteiger partial charge on any atom is 0.283 e. The van der Waals surface area contributed by atoms with Crippen LogP contribution in [0.2, 0.25) is 0 Å². The highest BCUT2D eigenvalue weighted by Gasteiger charge is 2.59. The normalized spacial score (nSPS) is 26.2. The van der Waals surface area contributed by atoms with Gasteiger partial charge in [-0.15, -0.1) is 0 Å². The lowest BCUT2D eigenvalue weighted by molar-refractivity contribution is -0.0132. The van der Waals surface area contributed by atoms with Gasteiger partial charge in [0.15, 0.2) is 0 Å². The molecule has 3 aromatic rings. The summed E-state index contributed by atoms with van der Waals surface area (Å²) in [7, 11) is -0.976. The van der Waals surface area contributed by atoms with Crippen LogP contribution in [0.4, 0.5) is 0 Å². The van der Waals surface area contributed by atoms with Crippen molar-refractivity contribution in [3.8, 4) is 0 Å². The lowest BCUT2D eigenvalue weighted by atomic mass is 9.77. The predicted octanol–water partition coefficient (Wildman–Crippen LogP) is 4.99. The number of fused-ring (bicyclic) bond motifs is 1. The molecule has 0 bridgehead atoms. The predicted molar refractivity (Wildman–Crippen MR) is 148 cm³/mol. The summed E-state index contributed by atoms with van der Waals surface area (Å²) in [4.78, 5) is 0. The zero-order chi connectivity index (χ0) is 24.3. The maximum absolute atomic E-state index is 7.56. The molecule has 0 saturated heterocycles. The molecule has 2 fully saturated rings. The van der Waals surface area contributed by atoms with Crippen molar-refractivity contribution in [3.63, 3.8) is 0 Å². The summed E-state index contributed by atoms with van der Waals surface area (Å²) in [6, 6.07) is 32.5. The Labute approximate surface area is 215 Å². The summed E-state index contributed by atoms with van der Waals surface area (Å²) in [5.74, 6) is 1.75. The van der Waals surface area contributed by atoms with Gasteiger partial charge in [0.25, 0.3) is 18.8 Å². The molecule has 3 radical (unpaired) electrons. The molecule has 0 aromatic heterocycles. The summed E-state index contributed by atoms with van der Waals surface area (Å²) in [6.07, 6.45) is 4.89. The van der Waals surface area contributed by atoms with E-state index in [-0.39, 0.29) is 5.60 Å². The Morgan fingerprint density at radius 1 is 0.829 bits per heavy atom. The van der Waals surface area contributed by atoms with Crippen LogP contribution in [0.3, 0.4) is 0 Å². The molecule has 0 amide bonds. The first-order valence-corrected chi connectivity index (χ1v) is 15.4. The molecule has 4 atom stereocenters. The molecule has 0 N–H and O–H groups in total. The van der Waals surface area contributed by atoms with Crippen LogP contribution in [-0.4, -0.2) is 31.0 Å². The van der Waals surface area contributed by atoms with Crippen LogP contribution in [0.1, 0.15) is 46.5 Å². The molecule has 0 heterocycles. The largest absolute Gasteiger partial charge is 0.411 e. The van der Waals surface area contributed by atoms with Crippen LogP contribution >= 0.6 is 0 Å². The van der Waals surface area contributed by atoms with Gasteiger partial charge in [-0.2, -0.15) is 0 Å². The van der Waals surface area contributed by atoms with Gasteiger partial charge >= 0.3 is 0 Å². The minimum Gasteiger partial charge on any atom is -0.411 e. The summed E-state index contributed by atoms with van der Waals surface area (Å²) in [5, 5.41) is 3.96. The topological polar surface area (TPSA) is 18.5 Å². The number of rotatable bonds is 8. The minimum absolute atomic E-state index is 0.0981. The maximum atomic E-state index is 7.56. The van der Waals surface area contributed by atoms with Gasteiger partial charge in [0.2, 0.25) is 0 Å². The summed E-state index contributed by atoms with van der Waals surface area (Å²) in [5.41, 5.74) is 0.198. The quantitative estimate of drug-likeness (QED) is 0.408. The molecule has 2 aliphatic rings. The average Bonchev–Trinajstić information content (AvgIpc) is 3.41. The second kappa shape index (κ2) is 10.6. The van der Waals surface area contributed by atoms with Crippen molar-refractivity contribution < 1.29 is 8.85 Å². The van der Waals surface area contributed by atoms with Crippen molar-refractivity contribution >= 4 is 34.4 Å². The van der Waals surface area contributed by atoms with E-state index < -0.39 is 9.04 Å². The third-order valence-electron chi connectivity index (χ3n) is 8.22. The van der Waals surface area contributed by atoms with E-state index in [1.807, 2.05) is 0 Å². The van der Waals surface area contributed by atoms with Crippen LogP contribution in [-0.2, 0) is 8.85 Å². The van der Waals surface area contributed by atoms with Gasteiger partial charge in [0, 0.05) is 12.5 Å². The van der Waals surface area contributed by atoms with Gasteiger partial charge in [0.1, 0.15) is 0 Å². The average molecular weight is 498 g/mol. The number of hydrogen-bond acceptors (Lipinski definition) is 2. The van der Waals surface area contributed by atoms with Crippen molar-refractivity contribution in [3.05, 3.63) is 91.0 Å². The van der Waals surface area contributed by atoms with Crippen molar-refractivity contribution in [2.45, 2.75) is 52.1 Å². The summed E-state index contributed by atoms with van der Waals surface area (Å²) >= 11 is 0. The lowest BCUT2D eigenvalue weighted by Gasteiger charge is -2.40. The van der Waals surface area contributed by atoms with Crippen molar-refractivity contribution in [1.29, 1.82) is 0 Å². The van der Waals surface area contributed by atoms with E-state index in [9.17, 15) is 0 Å². The van der Waals surface area contributed by atoms with Gasteiger partial charge < -0.3 is 8.85 Å². The van der Waals surface area contributed by atoms with Crippen molar-refractivity contribution in [2.75, 3.05) is 6.61 Å². The van der Waals surface area contributed by atoms with Crippen molar-refractivity contribution in [1.82, 2.24) is 0 Å². The molecule has 0 aliphatic heterocycles. The SMILES string of the molecule is CC(C)(C)C1CC2CCC(CO[Si]c3ccccc3)C2(O[Si](c2ccccc2)c2ccccc2)C1. The minimum atomic E-state index is -1.37. The lowest BCUT2D eigenvalue weighted by Crippen LogP contribution is -2.55. The highest BCUT2D eigenvalue weighted by atomic mass is 28.3. The molecule has 2 saturated carbocycles. The zero-order valence-electron chi connectivity index (χ0n) is 21.2. The van der Waals surface area contributed by atoms with Crippen LogP contribution < -0.4 is 15.6 Å². The van der Waals surface area contributed by atoms with E-state index >= 15 is 0 Å². The molecule has 3 aromatic carbocycles. The van der Waals surface area contributed by atoms with Gasteiger partial charge in [-0.05, 0) is 58.5 Å². The van der Waals surface area contributed by atoms with E-state index in [1.165, 1.54) is 34.8 Å². The molecule has 0 spiro atoms. The monoisotopic (exact) mass is 497 g/mol. The van der Waals surface area contributed by atoms with Crippen LogP contribution in [0.15, 0.2) is 91.0 Å². The molecular formula is C31H37O2Si2. The molecule has 5 rings (SSSR count). The fourth-order valence-electron chi connectivity index (χ4n) is 6.16. The third kappa shape index (κ3) is 5.41. The Morgan fingerprint density at radius 3 is 1.97 bits per heavy atom. The standard InChI is InChI=1S/C31H37O2Si2/c1-30(2,3)26-21-24-19-20-25(23-32-34-27-13-7-4-8-14-27)31(24,22-26)33-35(28-15-9-5-10-16-28)29-17-11-6-12-18-29/h4-18,24-26H,19-23H2,1-3H3. The molecule has 181 valence electrons. The first-order chi connectivity index (χ1) is 17.0. The third-order valence-corrected chi connectivity index (χ3v) is 11.4. The molecule has 35 heavy (non-hydrogen) atoms. The molecule has 2 nitrogen and oxygen atoms in total. The number of hydrogen-bond donors (Lipinski definition) is 0. The van der Waals surface area contributed by atoms with Gasteiger partial charge in [-0.1, -0.05) is 112 Å². The van der Waals surface area contributed by atoms with E-state index in [4.69, 9.17) is 8.85 Å². The van der Waals surface area contributed by atoms with E-state index in [0.717, 1.165) is 13.0 Å². The first-order valence-electron chi connectivity index (χ1n) is 13.1. The first kappa shape index (κ1) is 24.7. The second-order valence-electron chi connectivity index (χ2n) is 11.4. The fraction of sp³-hybridized carbons (Fsp3) is 0.419. The second-order valence-corrected chi connectivity index (χ2v) is 14.5. The molecule has 4 unspecified atom stereocenters. The molecule has 4 heteroatoms. The highest BCUT2D eigenvalue weighted by Crippen LogP contribution is 2.59. The molecule has 2 aliphatic carbocycles. The van der Waals surface area contributed by atoms with Crippen LogP contribution in [0.5, 0.6) is 0 Å². The van der Waals surface area contributed by atoms with Gasteiger partial charge in [-0.3, -0.25) is 0 Å². The van der Waals surface area contributed by atoms with Crippen LogP contribution in [0.25, 0.3) is 0 Å². The van der Waals surface area contributed by atoms with Gasteiger partial charge in [-0.25, -0.2) is 0 Å². The fourth-order valence-corrected chi connectivity index (χ4v) is 9.30. The van der Waals surface area contributed by atoms with Crippen LogP contribution in [0, 0.1) is 23.2 Å². The Balaban J connectivity index is 1.45. The Morgan fingerprint density at radius 2 is 1.40 bits per heavy atom. The van der Waals surface area contributed by atoms with E-state index in [1.54, 1.807) is 0 Å². The highest BCUT2D eigenvalue weighted by molar-refractivity contribution is 6.80. The van der Waals surface area contributed by atoms with E-state index in [2.05, 4.69) is 112 Å². The smallest absolute Gasteiger partial charge is 0.283 e. The molecular weight excluding hydrogens is 461 g/mol. The van der Waals surface area contributed by atoms with E-state index in [0.29, 0.717) is 32.9 Å². The summed E-state index contributed by atoms with van der Waals surface area (Å²) < 4.78 is 14.0. The Bertz CT molecular complexity index is 1030. The summed E-state index contributed by atoms with van der Waals surface area (Å²) in [6.45, 7) is 8.03. The number of benzene rings is 3. The van der Waals surface area contributed by atoms with Gasteiger partial charge in [0.05, 0.1) is 5.60 Å².